The molecule has 2 unspecified atom stereocenters. The normalized spacial score (nSPS) is 13.3. The van der Waals surface area contributed by atoms with Crippen LogP contribution in [0.1, 0.15) is 123 Å². The summed E-state index contributed by atoms with van der Waals surface area (Å²) >= 11 is 0. The molecule has 46 heavy (non-hydrogen) atoms. The summed E-state index contributed by atoms with van der Waals surface area (Å²) in [5.74, 6) is -2.51. The monoisotopic (exact) mass is 644 g/mol. The molecule has 0 rings (SSSR count). The average molecular weight is 645 g/mol. The van der Waals surface area contributed by atoms with Crippen LogP contribution >= 0.6 is 0 Å². The Hall–Kier alpha value is -3.46. The summed E-state index contributed by atoms with van der Waals surface area (Å²) in [5.41, 5.74) is 0. The largest absolute Gasteiger partial charge is 0.480 e. The number of esters is 1. The van der Waals surface area contributed by atoms with Gasteiger partial charge in [-0.1, -0.05) is 101 Å². The minimum atomic E-state index is -1.39. The Morgan fingerprint density at radius 2 is 1.33 bits per heavy atom. The Balaban J connectivity index is 4.38. The molecule has 0 radical (unpaired) electrons. The number of aliphatic hydroxyl groups is 1. The standard InChI is InChI=1S/C37H60N2O7/c1-3-5-7-9-11-12-13-14-15-16-17-19-25-29-36(43)46-32(26-22-18-10-8-6-4-2)27-23-20-21-24-28-34(41)38-30-35(42)39-33(31-40)37(44)45/h5,7,11-12,14-15,17,19,22,26,32-33,40H,3-4,6,8-10,13,16,18,20-21,23-25,27-31H2,1-2H3,(H,38,41)(H,39,42)(H,44,45)/b7-5-,12-11-,15-14-,19-17-,26-22-. The maximum atomic E-state index is 12.5. The first-order chi connectivity index (χ1) is 22.3. The van der Waals surface area contributed by atoms with Crippen molar-refractivity contribution in [1.29, 1.82) is 0 Å². The molecule has 0 aliphatic carbocycles. The quantitative estimate of drug-likeness (QED) is 0.0389. The lowest BCUT2D eigenvalue weighted by Gasteiger charge is -2.14. The van der Waals surface area contributed by atoms with E-state index in [9.17, 15) is 19.2 Å². The highest BCUT2D eigenvalue weighted by Crippen LogP contribution is 2.13. The lowest BCUT2D eigenvalue weighted by atomic mass is 10.1. The molecule has 0 aromatic heterocycles. The summed E-state index contributed by atoms with van der Waals surface area (Å²) in [6.45, 7) is 3.25. The molecule has 9 heteroatoms. The number of hydrogen-bond donors (Lipinski definition) is 4. The molecule has 9 nitrogen and oxygen atoms in total. The topological polar surface area (TPSA) is 142 Å². The van der Waals surface area contributed by atoms with E-state index in [0.29, 0.717) is 19.3 Å². The number of aliphatic carboxylic acids is 1. The molecule has 2 amide bonds. The van der Waals surface area contributed by atoms with Gasteiger partial charge in [0.15, 0.2) is 0 Å². The van der Waals surface area contributed by atoms with Gasteiger partial charge >= 0.3 is 11.9 Å². The van der Waals surface area contributed by atoms with Crippen molar-refractivity contribution in [2.45, 2.75) is 135 Å². The van der Waals surface area contributed by atoms with E-state index in [1.54, 1.807) is 0 Å². The summed E-state index contributed by atoms with van der Waals surface area (Å²) in [7, 11) is 0. The lowest BCUT2D eigenvalue weighted by molar-refractivity contribution is -0.147. The van der Waals surface area contributed by atoms with Gasteiger partial charge in [0.2, 0.25) is 11.8 Å². The smallest absolute Gasteiger partial charge is 0.328 e. The maximum absolute atomic E-state index is 12.5. The zero-order valence-corrected chi connectivity index (χ0v) is 28.3. The summed E-state index contributed by atoms with van der Waals surface area (Å²) in [5, 5.41) is 22.4. The predicted octanol–water partition coefficient (Wildman–Crippen LogP) is 7.03. The van der Waals surface area contributed by atoms with E-state index in [1.807, 2.05) is 12.2 Å². The number of allylic oxidation sites excluding steroid dienone is 9. The fourth-order valence-corrected chi connectivity index (χ4v) is 4.34. The number of aliphatic hydroxyl groups excluding tert-OH is 1. The van der Waals surface area contributed by atoms with E-state index < -0.39 is 24.5 Å². The third kappa shape index (κ3) is 28.0. The van der Waals surface area contributed by atoms with Crippen LogP contribution in [0.3, 0.4) is 0 Å². The van der Waals surface area contributed by atoms with Crippen molar-refractivity contribution in [2.24, 2.45) is 0 Å². The Labute approximate surface area is 277 Å². The molecule has 0 aliphatic rings. The molecule has 260 valence electrons. The Morgan fingerprint density at radius 3 is 1.96 bits per heavy atom. The van der Waals surface area contributed by atoms with Gasteiger partial charge in [0.1, 0.15) is 12.1 Å². The minimum absolute atomic E-state index is 0.197. The Bertz CT molecular complexity index is 969. The van der Waals surface area contributed by atoms with Crippen molar-refractivity contribution >= 4 is 23.8 Å². The molecule has 0 bridgehead atoms. The number of carbonyl (C=O) groups is 4. The van der Waals surface area contributed by atoms with Crippen LogP contribution in [-0.4, -0.2) is 59.3 Å². The number of hydrogen-bond acceptors (Lipinski definition) is 6. The molecule has 2 atom stereocenters. The number of carboxylic acid groups (broad SMARTS) is 1. The summed E-state index contributed by atoms with van der Waals surface area (Å²) < 4.78 is 5.79. The second-order valence-electron chi connectivity index (χ2n) is 11.2. The minimum Gasteiger partial charge on any atom is -0.480 e. The van der Waals surface area contributed by atoms with Crippen LogP contribution in [0, 0.1) is 0 Å². The number of nitrogens with one attached hydrogen (secondary N) is 2. The number of rotatable bonds is 29. The van der Waals surface area contributed by atoms with E-state index in [-0.39, 0.29) is 30.9 Å². The molecule has 0 aromatic rings. The van der Waals surface area contributed by atoms with Gasteiger partial charge in [-0.15, -0.1) is 0 Å². The first-order valence-corrected chi connectivity index (χ1v) is 17.2. The predicted molar refractivity (Wildman–Crippen MR) is 185 cm³/mol. The summed E-state index contributed by atoms with van der Waals surface area (Å²) in [6.07, 6.45) is 35.7. The van der Waals surface area contributed by atoms with Gasteiger partial charge in [-0.25, -0.2) is 4.79 Å². The van der Waals surface area contributed by atoms with Gasteiger partial charge in [-0.05, 0) is 70.3 Å². The highest BCUT2D eigenvalue weighted by Gasteiger charge is 2.18. The maximum Gasteiger partial charge on any atom is 0.328 e. The van der Waals surface area contributed by atoms with E-state index in [2.05, 4.69) is 73.1 Å². The van der Waals surface area contributed by atoms with Gasteiger partial charge in [0, 0.05) is 12.8 Å². The Kier molecular flexibility index (Phi) is 29.1. The SMILES string of the molecule is CC/C=C\C/C=C\C/C=C\C/C=C\CCC(=O)OC(/C=C\CCCCCC)CCCCCCC(=O)NCC(=O)NC(CO)C(=O)O. The van der Waals surface area contributed by atoms with Gasteiger partial charge in [0.25, 0.3) is 0 Å². The fraction of sp³-hybridized carbons (Fsp3) is 0.622. The van der Waals surface area contributed by atoms with Crippen molar-refractivity contribution in [2.75, 3.05) is 13.2 Å². The first kappa shape index (κ1) is 42.5. The van der Waals surface area contributed by atoms with Crippen LogP contribution in [0.2, 0.25) is 0 Å². The fourth-order valence-electron chi connectivity index (χ4n) is 4.34. The van der Waals surface area contributed by atoms with Crippen LogP contribution < -0.4 is 10.6 Å². The van der Waals surface area contributed by atoms with Crippen LogP contribution in [0.5, 0.6) is 0 Å². The molecule has 4 N–H and O–H groups in total. The molecule has 0 aliphatic heterocycles. The van der Waals surface area contributed by atoms with Crippen molar-refractivity contribution in [3.63, 3.8) is 0 Å². The van der Waals surface area contributed by atoms with Crippen LogP contribution in [0.15, 0.2) is 60.8 Å². The zero-order valence-electron chi connectivity index (χ0n) is 28.3. The van der Waals surface area contributed by atoms with Gasteiger partial charge in [-0.2, -0.15) is 0 Å². The van der Waals surface area contributed by atoms with Crippen molar-refractivity contribution in [1.82, 2.24) is 10.6 Å². The molecule has 0 heterocycles. The van der Waals surface area contributed by atoms with Gasteiger partial charge in [-0.3, -0.25) is 14.4 Å². The highest BCUT2D eigenvalue weighted by atomic mass is 16.5. The average Bonchev–Trinajstić information content (AvgIpc) is 3.03. The van der Waals surface area contributed by atoms with Gasteiger partial charge < -0.3 is 25.6 Å². The molecule has 0 spiro atoms. The number of carboxylic acids is 1. The van der Waals surface area contributed by atoms with Crippen LogP contribution in [0.4, 0.5) is 0 Å². The summed E-state index contributed by atoms with van der Waals surface area (Å²) in [4.78, 5) is 47.1. The molecule has 0 saturated carbocycles. The third-order valence-electron chi connectivity index (χ3n) is 7.00. The van der Waals surface area contributed by atoms with E-state index >= 15 is 0 Å². The molecule has 0 aromatic carbocycles. The number of amides is 2. The third-order valence-corrected chi connectivity index (χ3v) is 7.00. The van der Waals surface area contributed by atoms with E-state index in [4.69, 9.17) is 14.9 Å². The molecule has 0 fully saturated rings. The van der Waals surface area contributed by atoms with Crippen molar-refractivity contribution in [3.8, 4) is 0 Å². The second-order valence-corrected chi connectivity index (χ2v) is 11.2. The first-order valence-electron chi connectivity index (χ1n) is 17.2. The second kappa shape index (κ2) is 31.5. The zero-order chi connectivity index (χ0) is 34.1. The van der Waals surface area contributed by atoms with Crippen LogP contribution in [0.25, 0.3) is 0 Å². The number of ether oxygens (including phenoxy) is 1. The summed E-state index contributed by atoms with van der Waals surface area (Å²) in [6, 6.07) is -1.39. The number of carbonyl (C=O) groups excluding carboxylic acids is 3. The van der Waals surface area contributed by atoms with E-state index in [0.717, 1.165) is 64.2 Å². The Morgan fingerprint density at radius 1 is 0.696 bits per heavy atom. The van der Waals surface area contributed by atoms with E-state index in [1.165, 1.54) is 19.3 Å². The molecular weight excluding hydrogens is 584 g/mol. The molecule has 0 saturated heterocycles. The van der Waals surface area contributed by atoms with Crippen molar-refractivity contribution in [3.05, 3.63) is 60.8 Å². The molecular formula is C37H60N2O7. The highest BCUT2D eigenvalue weighted by molar-refractivity contribution is 5.87. The number of unbranched alkanes of at least 4 members (excludes halogenated alkanes) is 7. The van der Waals surface area contributed by atoms with Crippen LogP contribution in [-0.2, 0) is 23.9 Å². The van der Waals surface area contributed by atoms with Gasteiger partial charge in [0.05, 0.1) is 13.2 Å². The lowest BCUT2D eigenvalue weighted by Crippen LogP contribution is -2.47. The van der Waals surface area contributed by atoms with Crippen molar-refractivity contribution < 1.29 is 34.1 Å².